The van der Waals surface area contributed by atoms with E-state index in [9.17, 15) is 9.90 Å². The van der Waals surface area contributed by atoms with Crippen molar-refractivity contribution in [3.63, 3.8) is 0 Å². The van der Waals surface area contributed by atoms with Crippen molar-refractivity contribution in [2.75, 3.05) is 13.2 Å². The maximum atomic E-state index is 11.2. The van der Waals surface area contributed by atoms with Crippen LogP contribution in [0.1, 0.15) is 12.0 Å². The summed E-state index contributed by atoms with van der Waals surface area (Å²) in [4.78, 5) is 11.2. The fourth-order valence-electron chi connectivity index (χ4n) is 2.07. The molecule has 0 aliphatic carbocycles. The highest BCUT2D eigenvalue weighted by Crippen LogP contribution is 2.29. The molecular weight excluding hydrogens is 190 g/mol. The van der Waals surface area contributed by atoms with Crippen LogP contribution in [0, 0.1) is 5.41 Å². The third-order valence-corrected chi connectivity index (χ3v) is 2.95. The van der Waals surface area contributed by atoms with E-state index in [-0.39, 0.29) is 17.9 Å². The van der Waals surface area contributed by atoms with Gasteiger partial charge in [-0.15, -0.1) is 0 Å². The molecule has 3 heteroatoms. The Bertz CT molecular complexity index is 350. The molecule has 1 aromatic rings. The van der Waals surface area contributed by atoms with E-state index in [4.69, 9.17) is 0 Å². The molecule has 0 bridgehead atoms. The predicted molar refractivity (Wildman–Crippen MR) is 57.3 cm³/mol. The standard InChI is InChI=1S/C12H15NO2/c14-9-12(7-11(15)13-8-12)6-10-4-2-1-3-5-10/h1-5,14H,6-9H2,(H,13,15). The van der Waals surface area contributed by atoms with E-state index in [2.05, 4.69) is 5.32 Å². The number of amides is 1. The lowest BCUT2D eigenvalue weighted by Gasteiger charge is -2.24. The van der Waals surface area contributed by atoms with E-state index in [0.717, 1.165) is 6.42 Å². The normalized spacial score (nSPS) is 25.3. The lowest BCUT2D eigenvalue weighted by molar-refractivity contribution is -0.119. The molecule has 15 heavy (non-hydrogen) atoms. The monoisotopic (exact) mass is 205 g/mol. The van der Waals surface area contributed by atoms with E-state index in [1.54, 1.807) is 0 Å². The Labute approximate surface area is 89.1 Å². The molecule has 0 aromatic heterocycles. The van der Waals surface area contributed by atoms with Crippen molar-refractivity contribution in [3.05, 3.63) is 35.9 Å². The van der Waals surface area contributed by atoms with E-state index < -0.39 is 0 Å². The first-order valence-corrected chi connectivity index (χ1v) is 5.16. The largest absolute Gasteiger partial charge is 0.396 e. The van der Waals surface area contributed by atoms with Crippen molar-refractivity contribution in [2.45, 2.75) is 12.8 Å². The molecule has 0 radical (unpaired) electrons. The second kappa shape index (κ2) is 4.03. The topological polar surface area (TPSA) is 49.3 Å². The lowest BCUT2D eigenvalue weighted by atomic mass is 9.81. The molecule has 2 rings (SSSR count). The van der Waals surface area contributed by atoms with Gasteiger partial charge < -0.3 is 10.4 Å². The summed E-state index contributed by atoms with van der Waals surface area (Å²) < 4.78 is 0. The summed E-state index contributed by atoms with van der Waals surface area (Å²) in [5.41, 5.74) is 0.876. The molecule has 1 atom stereocenters. The predicted octanol–water partition coefficient (Wildman–Crippen LogP) is 0.728. The van der Waals surface area contributed by atoms with Gasteiger partial charge in [0.25, 0.3) is 0 Å². The highest BCUT2D eigenvalue weighted by molar-refractivity contribution is 5.79. The fraction of sp³-hybridized carbons (Fsp3) is 0.417. The summed E-state index contributed by atoms with van der Waals surface area (Å²) in [6.07, 6.45) is 1.18. The second-order valence-corrected chi connectivity index (χ2v) is 4.27. The number of benzene rings is 1. The molecule has 1 unspecified atom stereocenters. The number of rotatable bonds is 3. The number of hydrogen-bond acceptors (Lipinski definition) is 2. The minimum absolute atomic E-state index is 0.0416. The molecule has 1 amide bonds. The third-order valence-electron chi connectivity index (χ3n) is 2.95. The Morgan fingerprint density at radius 1 is 1.33 bits per heavy atom. The molecule has 3 nitrogen and oxygen atoms in total. The van der Waals surface area contributed by atoms with Crippen LogP contribution in [0.4, 0.5) is 0 Å². The van der Waals surface area contributed by atoms with Crippen LogP contribution in [-0.4, -0.2) is 24.2 Å². The first-order valence-electron chi connectivity index (χ1n) is 5.16. The third kappa shape index (κ3) is 2.18. The fourth-order valence-corrected chi connectivity index (χ4v) is 2.07. The van der Waals surface area contributed by atoms with Gasteiger partial charge in [-0.25, -0.2) is 0 Å². The van der Waals surface area contributed by atoms with Crippen molar-refractivity contribution in [1.29, 1.82) is 0 Å². The quantitative estimate of drug-likeness (QED) is 0.764. The van der Waals surface area contributed by atoms with Crippen LogP contribution in [0.2, 0.25) is 0 Å². The van der Waals surface area contributed by atoms with Crippen molar-refractivity contribution in [2.24, 2.45) is 5.41 Å². The first kappa shape index (κ1) is 10.2. The van der Waals surface area contributed by atoms with Gasteiger partial charge in [0.2, 0.25) is 5.91 Å². The van der Waals surface area contributed by atoms with Gasteiger partial charge in [-0.05, 0) is 12.0 Å². The Morgan fingerprint density at radius 2 is 2.07 bits per heavy atom. The zero-order valence-electron chi connectivity index (χ0n) is 8.57. The summed E-state index contributed by atoms with van der Waals surface area (Å²) in [6.45, 7) is 0.637. The number of carbonyl (C=O) groups is 1. The van der Waals surface area contributed by atoms with Crippen LogP contribution in [0.15, 0.2) is 30.3 Å². The van der Waals surface area contributed by atoms with Crippen LogP contribution in [0.5, 0.6) is 0 Å². The van der Waals surface area contributed by atoms with E-state index >= 15 is 0 Å². The maximum absolute atomic E-state index is 11.2. The van der Waals surface area contributed by atoms with Gasteiger partial charge in [-0.1, -0.05) is 30.3 Å². The van der Waals surface area contributed by atoms with Crippen LogP contribution in [0.25, 0.3) is 0 Å². The number of aliphatic hydroxyl groups excluding tert-OH is 1. The van der Waals surface area contributed by atoms with Gasteiger partial charge in [-0.2, -0.15) is 0 Å². The Hall–Kier alpha value is -1.35. The number of carbonyl (C=O) groups excluding carboxylic acids is 1. The van der Waals surface area contributed by atoms with Crippen molar-refractivity contribution < 1.29 is 9.90 Å². The molecule has 2 N–H and O–H groups in total. The number of aliphatic hydroxyl groups is 1. The van der Waals surface area contributed by atoms with E-state index in [1.807, 2.05) is 30.3 Å². The number of nitrogens with one attached hydrogen (secondary N) is 1. The molecule has 1 aromatic carbocycles. The Balaban J connectivity index is 2.12. The average Bonchev–Trinajstić information content (AvgIpc) is 2.62. The minimum Gasteiger partial charge on any atom is -0.396 e. The maximum Gasteiger partial charge on any atom is 0.220 e. The highest BCUT2D eigenvalue weighted by atomic mass is 16.3. The first-order chi connectivity index (χ1) is 7.24. The molecule has 0 spiro atoms. The van der Waals surface area contributed by atoms with Gasteiger partial charge in [0.1, 0.15) is 0 Å². The smallest absolute Gasteiger partial charge is 0.220 e. The molecule has 1 aliphatic heterocycles. The summed E-state index contributed by atoms with van der Waals surface area (Å²) in [5, 5.41) is 12.2. The molecule has 1 aliphatic rings. The summed E-state index contributed by atoms with van der Waals surface area (Å²) in [7, 11) is 0. The van der Waals surface area contributed by atoms with Gasteiger partial charge >= 0.3 is 0 Å². The second-order valence-electron chi connectivity index (χ2n) is 4.27. The molecule has 1 saturated heterocycles. The zero-order chi connectivity index (χ0) is 10.7. The van der Waals surface area contributed by atoms with Crippen LogP contribution in [0.3, 0.4) is 0 Å². The SMILES string of the molecule is O=C1CC(CO)(Cc2ccccc2)CN1. The minimum atomic E-state index is -0.293. The van der Waals surface area contributed by atoms with E-state index in [1.165, 1.54) is 5.56 Å². The molecule has 0 saturated carbocycles. The highest BCUT2D eigenvalue weighted by Gasteiger charge is 2.37. The van der Waals surface area contributed by atoms with Gasteiger partial charge in [0.15, 0.2) is 0 Å². The number of hydrogen-bond donors (Lipinski definition) is 2. The van der Waals surface area contributed by atoms with Crippen LogP contribution >= 0.6 is 0 Å². The molecular formula is C12H15NO2. The summed E-state index contributed by atoms with van der Waals surface area (Å²) in [6, 6.07) is 9.98. The van der Waals surface area contributed by atoms with Gasteiger partial charge in [-0.3, -0.25) is 4.79 Å². The summed E-state index contributed by atoms with van der Waals surface area (Å²) >= 11 is 0. The average molecular weight is 205 g/mol. The molecule has 80 valence electrons. The molecule has 1 heterocycles. The van der Waals surface area contributed by atoms with Crippen molar-refractivity contribution in [3.8, 4) is 0 Å². The van der Waals surface area contributed by atoms with Crippen LogP contribution in [-0.2, 0) is 11.2 Å². The van der Waals surface area contributed by atoms with Crippen LogP contribution < -0.4 is 5.32 Å². The van der Waals surface area contributed by atoms with Crippen molar-refractivity contribution >= 4 is 5.91 Å². The zero-order valence-corrected chi connectivity index (χ0v) is 8.57. The van der Waals surface area contributed by atoms with E-state index in [0.29, 0.717) is 13.0 Å². The van der Waals surface area contributed by atoms with Gasteiger partial charge in [0, 0.05) is 18.4 Å². The van der Waals surface area contributed by atoms with Crippen molar-refractivity contribution in [1.82, 2.24) is 5.32 Å². The molecule has 1 fully saturated rings. The lowest BCUT2D eigenvalue weighted by Crippen LogP contribution is -2.30. The Morgan fingerprint density at radius 3 is 2.60 bits per heavy atom. The Kier molecular flexibility index (Phi) is 2.73. The van der Waals surface area contributed by atoms with Gasteiger partial charge in [0.05, 0.1) is 6.61 Å². The summed E-state index contributed by atoms with van der Waals surface area (Å²) in [5.74, 6) is 0.0416.